The lowest BCUT2D eigenvalue weighted by atomic mass is 9.93. The Hall–Kier alpha value is -3.78. The van der Waals surface area contributed by atoms with Crippen LogP contribution in [0.3, 0.4) is 0 Å². The van der Waals surface area contributed by atoms with Crippen LogP contribution in [0.4, 0.5) is 11.4 Å². The highest BCUT2D eigenvalue weighted by molar-refractivity contribution is 6.08. The Bertz CT molecular complexity index is 1210. The van der Waals surface area contributed by atoms with Gasteiger partial charge in [-0.15, -0.1) is 0 Å². The zero-order chi connectivity index (χ0) is 23.1. The topological polar surface area (TPSA) is 81.2 Å². The third kappa shape index (κ3) is 3.60. The highest BCUT2D eigenvalue weighted by atomic mass is 16.5. The maximum Gasteiger partial charge on any atom is 0.268 e. The molecule has 2 aromatic carbocycles. The van der Waals surface area contributed by atoms with Gasteiger partial charge >= 0.3 is 0 Å². The normalized spacial score (nSPS) is 21.8. The van der Waals surface area contributed by atoms with Crippen LogP contribution in [0.5, 0.6) is 0 Å². The Morgan fingerprint density at radius 3 is 2.65 bits per heavy atom. The van der Waals surface area contributed by atoms with Crippen LogP contribution in [0.25, 0.3) is 5.57 Å². The van der Waals surface area contributed by atoms with Crippen LogP contribution in [-0.4, -0.2) is 62.3 Å². The Balaban J connectivity index is 1.28. The highest BCUT2D eigenvalue weighted by Crippen LogP contribution is 2.42. The van der Waals surface area contributed by atoms with Crippen molar-refractivity contribution >= 4 is 28.8 Å². The number of piperazine rings is 1. The predicted octanol–water partition coefficient (Wildman–Crippen LogP) is 2.27. The summed E-state index contributed by atoms with van der Waals surface area (Å²) >= 11 is 0. The lowest BCUT2D eigenvalue weighted by Crippen LogP contribution is -2.54. The molecule has 0 radical (unpaired) electrons. The van der Waals surface area contributed by atoms with Crippen molar-refractivity contribution in [2.75, 3.05) is 49.6 Å². The van der Waals surface area contributed by atoms with Crippen LogP contribution >= 0.6 is 0 Å². The minimum absolute atomic E-state index is 0.0326. The molecule has 1 amide bonds. The first kappa shape index (κ1) is 20.8. The molecule has 0 bridgehead atoms. The van der Waals surface area contributed by atoms with Crippen molar-refractivity contribution in [3.05, 3.63) is 77.1 Å². The molecule has 6 rings (SSSR count). The zero-order valence-corrected chi connectivity index (χ0v) is 19.2. The SMILES string of the molecule is Cc1ccccc1C1=C2C(=O)NCCN2C2NC(Nc3ccc(N4CCOCC4)cc3)=NC=C12. The van der Waals surface area contributed by atoms with Gasteiger partial charge in [0, 0.05) is 54.9 Å². The maximum atomic E-state index is 12.9. The molecule has 4 aliphatic heterocycles. The van der Waals surface area contributed by atoms with E-state index in [1.54, 1.807) is 0 Å². The van der Waals surface area contributed by atoms with E-state index in [1.165, 1.54) is 5.69 Å². The number of hydrogen-bond acceptors (Lipinski definition) is 7. The van der Waals surface area contributed by atoms with Gasteiger partial charge in [-0.2, -0.15) is 0 Å². The van der Waals surface area contributed by atoms with Gasteiger partial charge in [-0.1, -0.05) is 24.3 Å². The second kappa shape index (κ2) is 8.53. The first-order chi connectivity index (χ1) is 16.7. The van der Waals surface area contributed by atoms with Crippen LogP contribution in [0.15, 0.2) is 71.0 Å². The van der Waals surface area contributed by atoms with Gasteiger partial charge in [0.2, 0.25) is 5.96 Å². The molecule has 0 spiro atoms. The summed E-state index contributed by atoms with van der Waals surface area (Å²) in [4.78, 5) is 22.1. The zero-order valence-electron chi connectivity index (χ0n) is 19.2. The number of ether oxygens (including phenoxy) is 1. The van der Waals surface area contributed by atoms with Gasteiger partial charge in [0.15, 0.2) is 0 Å². The number of hydrogen-bond donors (Lipinski definition) is 3. The summed E-state index contributed by atoms with van der Waals surface area (Å²) in [6.45, 7) is 6.81. The molecule has 4 heterocycles. The summed E-state index contributed by atoms with van der Waals surface area (Å²) < 4.78 is 5.45. The van der Waals surface area contributed by atoms with E-state index in [2.05, 4.69) is 74.1 Å². The van der Waals surface area contributed by atoms with Crippen molar-refractivity contribution < 1.29 is 9.53 Å². The minimum atomic E-state index is -0.136. The van der Waals surface area contributed by atoms with E-state index in [0.29, 0.717) is 12.5 Å². The number of nitrogens with zero attached hydrogens (tertiary/aromatic N) is 3. The van der Waals surface area contributed by atoms with E-state index in [0.717, 1.165) is 66.5 Å². The minimum Gasteiger partial charge on any atom is -0.378 e. The molecule has 174 valence electrons. The summed E-state index contributed by atoms with van der Waals surface area (Å²) in [5.74, 6) is 0.638. The van der Waals surface area contributed by atoms with E-state index in [9.17, 15) is 4.79 Å². The van der Waals surface area contributed by atoms with Crippen LogP contribution in [0.1, 0.15) is 11.1 Å². The summed E-state index contributed by atoms with van der Waals surface area (Å²) in [7, 11) is 0. The van der Waals surface area contributed by atoms with Crippen LogP contribution in [0.2, 0.25) is 0 Å². The molecule has 4 aliphatic rings. The first-order valence-electron chi connectivity index (χ1n) is 11.8. The summed E-state index contributed by atoms with van der Waals surface area (Å²) in [6.07, 6.45) is 1.76. The van der Waals surface area contributed by atoms with Gasteiger partial charge in [0.05, 0.1) is 13.2 Å². The van der Waals surface area contributed by atoms with Gasteiger partial charge in [-0.25, -0.2) is 4.99 Å². The largest absolute Gasteiger partial charge is 0.378 e. The number of amides is 1. The standard InChI is InChI=1S/C26H28N6O2/c1-17-4-2-3-5-20(17)22-21-16-28-26(30-24(21)32-11-10-27-25(33)23(22)32)29-18-6-8-19(9-7-18)31-12-14-34-15-13-31/h2-9,16,24H,10-15H2,1H3,(H,27,33)(H2,28,29,30). The Labute approximate surface area is 199 Å². The summed E-state index contributed by atoms with van der Waals surface area (Å²) in [5.41, 5.74) is 7.07. The lowest BCUT2D eigenvalue weighted by molar-refractivity contribution is -0.120. The fourth-order valence-electron chi connectivity index (χ4n) is 5.08. The average molecular weight is 457 g/mol. The van der Waals surface area contributed by atoms with Crippen molar-refractivity contribution in [1.82, 2.24) is 15.5 Å². The molecule has 8 heteroatoms. The molecule has 2 saturated heterocycles. The van der Waals surface area contributed by atoms with Gasteiger partial charge < -0.3 is 30.5 Å². The van der Waals surface area contributed by atoms with Crippen molar-refractivity contribution in [2.24, 2.45) is 4.99 Å². The lowest BCUT2D eigenvalue weighted by Gasteiger charge is -2.35. The Kier molecular flexibility index (Phi) is 5.22. The number of aliphatic imine (C=N–C) groups is 1. The third-order valence-electron chi connectivity index (χ3n) is 6.80. The smallest absolute Gasteiger partial charge is 0.268 e. The average Bonchev–Trinajstić information content (AvgIpc) is 3.20. The van der Waals surface area contributed by atoms with E-state index >= 15 is 0 Å². The fourth-order valence-corrected chi connectivity index (χ4v) is 5.08. The molecular formula is C26H28N6O2. The van der Waals surface area contributed by atoms with Gasteiger partial charge in [-0.3, -0.25) is 4.79 Å². The van der Waals surface area contributed by atoms with Crippen LogP contribution < -0.4 is 20.9 Å². The number of guanidine groups is 1. The molecule has 0 saturated carbocycles. The maximum absolute atomic E-state index is 12.9. The number of fused-ring (bicyclic) bond motifs is 3. The predicted molar refractivity (Wildman–Crippen MR) is 133 cm³/mol. The van der Waals surface area contributed by atoms with Crippen LogP contribution in [-0.2, 0) is 9.53 Å². The number of rotatable bonds is 3. The van der Waals surface area contributed by atoms with Crippen LogP contribution in [0, 0.1) is 6.92 Å². The molecule has 34 heavy (non-hydrogen) atoms. The fraction of sp³-hybridized carbons (Fsp3) is 0.308. The molecule has 3 N–H and O–H groups in total. The second-order valence-electron chi connectivity index (χ2n) is 8.87. The molecule has 2 fully saturated rings. The Morgan fingerprint density at radius 1 is 1.06 bits per heavy atom. The van der Waals surface area contributed by atoms with Crippen molar-refractivity contribution in [3.8, 4) is 0 Å². The quantitative estimate of drug-likeness (QED) is 0.658. The number of carbonyl (C=O) groups excluding carboxylic acids is 1. The van der Waals surface area contributed by atoms with Crippen molar-refractivity contribution in [1.29, 1.82) is 0 Å². The number of morpholine rings is 1. The van der Waals surface area contributed by atoms with E-state index in [1.807, 2.05) is 18.3 Å². The summed E-state index contributed by atoms with van der Waals surface area (Å²) in [6, 6.07) is 16.6. The number of aryl methyl sites for hydroxylation is 1. The van der Waals surface area contributed by atoms with Gasteiger partial charge in [0.25, 0.3) is 5.91 Å². The van der Waals surface area contributed by atoms with Crippen molar-refractivity contribution in [2.45, 2.75) is 13.1 Å². The summed E-state index contributed by atoms with van der Waals surface area (Å²) in [5, 5.41) is 9.94. The van der Waals surface area contributed by atoms with Crippen molar-refractivity contribution in [3.63, 3.8) is 0 Å². The highest BCUT2D eigenvalue weighted by Gasteiger charge is 2.43. The van der Waals surface area contributed by atoms with E-state index in [4.69, 9.17) is 4.74 Å². The molecule has 8 nitrogen and oxygen atoms in total. The van der Waals surface area contributed by atoms with E-state index < -0.39 is 0 Å². The molecule has 0 aliphatic carbocycles. The molecule has 1 atom stereocenters. The third-order valence-corrected chi connectivity index (χ3v) is 6.80. The number of carbonyl (C=O) groups is 1. The number of nitrogens with one attached hydrogen (secondary N) is 3. The second-order valence-corrected chi connectivity index (χ2v) is 8.87. The molecule has 2 aromatic rings. The number of anilines is 2. The van der Waals surface area contributed by atoms with Gasteiger partial charge in [0.1, 0.15) is 11.9 Å². The van der Waals surface area contributed by atoms with E-state index in [-0.39, 0.29) is 12.1 Å². The number of benzene rings is 2. The Morgan fingerprint density at radius 2 is 1.85 bits per heavy atom. The monoisotopic (exact) mass is 456 g/mol. The molecular weight excluding hydrogens is 428 g/mol. The van der Waals surface area contributed by atoms with Gasteiger partial charge in [-0.05, 0) is 42.3 Å². The molecule has 0 aromatic heterocycles. The molecule has 1 unspecified atom stereocenters. The first-order valence-corrected chi connectivity index (χ1v) is 11.8.